The Balaban J connectivity index is 2.56. The highest BCUT2D eigenvalue weighted by Gasteiger charge is 2.24. The SMILES string of the molecule is O=S1(=O)CCc2ncnc(Cl)c2C1. The molecule has 1 aromatic rings. The van der Waals surface area contributed by atoms with Gasteiger partial charge in [0.2, 0.25) is 0 Å². The fraction of sp³-hybridized carbons (Fsp3) is 0.429. The van der Waals surface area contributed by atoms with Crippen LogP contribution in [0.4, 0.5) is 0 Å². The molecule has 2 rings (SSSR count). The Labute approximate surface area is 80.9 Å². The first-order chi connectivity index (χ1) is 6.08. The van der Waals surface area contributed by atoms with Crippen LogP contribution in [-0.2, 0) is 22.0 Å². The summed E-state index contributed by atoms with van der Waals surface area (Å²) in [6, 6.07) is 0. The van der Waals surface area contributed by atoms with Crippen LogP contribution in [0.1, 0.15) is 11.3 Å². The summed E-state index contributed by atoms with van der Waals surface area (Å²) >= 11 is 5.75. The Morgan fingerprint density at radius 2 is 2.15 bits per heavy atom. The van der Waals surface area contributed by atoms with Gasteiger partial charge in [0, 0.05) is 12.0 Å². The van der Waals surface area contributed by atoms with E-state index in [1.165, 1.54) is 6.33 Å². The van der Waals surface area contributed by atoms with Gasteiger partial charge in [0.05, 0.1) is 17.2 Å². The zero-order valence-corrected chi connectivity index (χ0v) is 8.27. The molecule has 2 heterocycles. The lowest BCUT2D eigenvalue weighted by molar-refractivity contribution is 0.590. The highest BCUT2D eigenvalue weighted by molar-refractivity contribution is 7.90. The third-order valence-electron chi connectivity index (χ3n) is 2.00. The van der Waals surface area contributed by atoms with E-state index < -0.39 is 9.84 Å². The number of fused-ring (bicyclic) bond motifs is 1. The number of aryl methyl sites for hydroxylation is 1. The first kappa shape index (κ1) is 8.90. The number of hydrogen-bond donors (Lipinski definition) is 0. The van der Waals surface area contributed by atoms with Crippen molar-refractivity contribution < 1.29 is 8.42 Å². The second-order valence-electron chi connectivity index (χ2n) is 2.93. The standard InChI is InChI=1S/C7H7ClN2O2S/c8-7-5-3-13(11,12)2-1-6(5)9-4-10-7/h4H,1-3H2. The molecule has 1 aromatic heterocycles. The van der Waals surface area contributed by atoms with Crippen molar-refractivity contribution >= 4 is 21.4 Å². The Hall–Kier alpha value is -0.680. The maximum Gasteiger partial charge on any atom is 0.155 e. The number of nitrogens with zero attached hydrogens (tertiary/aromatic N) is 2. The van der Waals surface area contributed by atoms with Gasteiger partial charge in [0.25, 0.3) is 0 Å². The first-order valence-corrected chi connectivity index (χ1v) is 5.97. The summed E-state index contributed by atoms with van der Waals surface area (Å²) in [6.45, 7) is 0. The molecule has 0 atom stereocenters. The van der Waals surface area contributed by atoms with Crippen molar-refractivity contribution in [3.8, 4) is 0 Å². The Morgan fingerprint density at radius 1 is 1.38 bits per heavy atom. The molecule has 70 valence electrons. The van der Waals surface area contributed by atoms with Gasteiger partial charge in [-0.25, -0.2) is 18.4 Å². The highest BCUT2D eigenvalue weighted by atomic mass is 35.5. The van der Waals surface area contributed by atoms with Crippen molar-refractivity contribution in [1.82, 2.24) is 9.97 Å². The molecular weight excluding hydrogens is 212 g/mol. The second-order valence-corrected chi connectivity index (χ2v) is 5.47. The predicted molar refractivity (Wildman–Crippen MR) is 48.2 cm³/mol. The summed E-state index contributed by atoms with van der Waals surface area (Å²) in [4.78, 5) is 7.73. The van der Waals surface area contributed by atoms with Crippen molar-refractivity contribution in [2.75, 3.05) is 5.75 Å². The van der Waals surface area contributed by atoms with E-state index in [4.69, 9.17) is 11.6 Å². The van der Waals surface area contributed by atoms with E-state index in [9.17, 15) is 8.42 Å². The molecule has 0 aromatic carbocycles. The molecule has 1 aliphatic rings. The van der Waals surface area contributed by atoms with Crippen LogP contribution in [-0.4, -0.2) is 24.1 Å². The summed E-state index contributed by atoms with van der Waals surface area (Å²) in [6.07, 6.45) is 1.80. The predicted octanol–water partition coefficient (Wildman–Crippen LogP) is 0.601. The molecule has 0 radical (unpaired) electrons. The topological polar surface area (TPSA) is 59.9 Å². The number of aromatic nitrogens is 2. The zero-order chi connectivity index (χ0) is 9.47. The minimum atomic E-state index is -2.98. The van der Waals surface area contributed by atoms with Crippen molar-refractivity contribution in [1.29, 1.82) is 0 Å². The van der Waals surface area contributed by atoms with E-state index >= 15 is 0 Å². The fourth-order valence-corrected chi connectivity index (χ4v) is 3.02. The molecule has 0 saturated carbocycles. The highest BCUT2D eigenvalue weighted by Crippen LogP contribution is 2.23. The van der Waals surface area contributed by atoms with Gasteiger partial charge >= 0.3 is 0 Å². The third kappa shape index (κ3) is 1.66. The van der Waals surface area contributed by atoms with E-state index in [1.807, 2.05) is 0 Å². The lowest BCUT2D eigenvalue weighted by Crippen LogP contribution is -2.20. The van der Waals surface area contributed by atoms with Gasteiger partial charge in [-0.2, -0.15) is 0 Å². The molecule has 0 fully saturated rings. The molecule has 0 spiro atoms. The molecule has 0 aliphatic carbocycles. The van der Waals surface area contributed by atoms with E-state index in [0.29, 0.717) is 12.0 Å². The lowest BCUT2D eigenvalue weighted by atomic mass is 10.2. The second kappa shape index (κ2) is 2.92. The van der Waals surface area contributed by atoms with Crippen LogP contribution in [0.5, 0.6) is 0 Å². The number of hydrogen-bond acceptors (Lipinski definition) is 4. The maximum atomic E-state index is 11.3. The van der Waals surface area contributed by atoms with E-state index in [-0.39, 0.29) is 16.7 Å². The number of sulfone groups is 1. The van der Waals surface area contributed by atoms with Gasteiger partial charge in [-0.05, 0) is 0 Å². The van der Waals surface area contributed by atoms with Gasteiger partial charge in [-0.3, -0.25) is 0 Å². The average Bonchev–Trinajstić information content (AvgIpc) is 2.06. The van der Waals surface area contributed by atoms with Crippen LogP contribution < -0.4 is 0 Å². The smallest absolute Gasteiger partial charge is 0.155 e. The van der Waals surface area contributed by atoms with Crippen LogP contribution >= 0.6 is 11.6 Å². The molecule has 13 heavy (non-hydrogen) atoms. The quantitative estimate of drug-likeness (QED) is 0.599. The molecule has 0 unspecified atom stereocenters. The number of rotatable bonds is 0. The number of halogens is 1. The summed E-state index contributed by atoms with van der Waals surface area (Å²) in [5.74, 6) is 0.134. The molecule has 0 amide bonds. The van der Waals surface area contributed by atoms with Crippen LogP contribution in [0.3, 0.4) is 0 Å². The van der Waals surface area contributed by atoms with Crippen molar-refractivity contribution in [3.63, 3.8) is 0 Å². The van der Waals surface area contributed by atoms with Crippen LogP contribution in [0, 0.1) is 0 Å². The summed E-state index contributed by atoms with van der Waals surface area (Å²) < 4.78 is 22.5. The van der Waals surface area contributed by atoms with Gasteiger partial charge in [-0.1, -0.05) is 11.6 Å². The molecule has 4 nitrogen and oxygen atoms in total. The monoisotopic (exact) mass is 218 g/mol. The van der Waals surface area contributed by atoms with Gasteiger partial charge in [-0.15, -0.1) is 0 Å². The average molecular weight is 219 g/mol. The molecule has 0 N–H and O–H groups in total. The largest absolute Gasteiger partial charge is 0.241 e. The van der Waals surface area contributed by atoms with E-state index in [0.717, 1.165) is 5.69 Å². The first-order valence-electron chi connectivity index (χ1n) is 3.77. The minimum Gasteiger partial charge on any atom is -0.241 e. The normalized spacial score (nSPS) is 19.5. The Kier molecular flexibility index (Phi) is 2.00. The van der Waals surface area contributed by atoms with Crippen molar-refractivity contribution in [2.45, 2.75) is 12.2 Å². The Morgan fingerprint density at radius 3 is 2.92 bits per heavy atom. The third-order valence-corrected chi connectivity index (χ3v) is 3.88. The van der Waals surface area contributed by atoms with Crippen molar-refractivity contribution in [3.05, 3.63) is 22.7 Å². The molecular formula is C7H7ClN2O2S. The van der Waals surface area contributed by atoms with Gasteiger partial charge < -0.3 is 0 Å². The van der Waals surface area contributed by atoms with Gasteiger partial charge in [0.1, 0.15) is 11.5 Å². The molecule has 0 saturated heterocycles. The summed E-state index contributed by atoms with van der Waals surface area (Å²) in [5.41, 5.74) is 1.32. The summed E-state index contributed by atoms with van der Waals surface area (Å²) in [7, 11) is -2.98. The fourth-order valence-electron chi connectivity index (χ4n) is 1.33. The van der Waals surface area contributed by atoms with Gasteiger partial charge in [0.15, 0.2) is 9.84 Å². The van der Waals surface area contributed by atoms with Crippen molar-refractivity contribution in [2.24, 2.45) is 0 Å². The molecule has 0 bridgehead atoms. The lowest BCUT2D eigenvalue weighted by Gasteiger charge is -2.14. The Bertz CT molecular complexity index is 444. The maximum absolute atomic E-state index is 11.3. The zero-order valence-electron chi connectivity index (χ0n) is 6.70. The molecule has 1 aliphatic heterocycles. The van der Waals surface area contributed by atoms with Crippen LogP contribution in [0.15, 0.2) is 6.33 Å². The van der Waals surface area contributed by atoms with E-state index in [2.05, 4.69) is 9.97 Å². The summed E-state index contributed by atoms with van der Waals surface area (Å²) in [5, 5.41) is 0.258. The van der Waals surface area contributed by atoms with Crippen LogP contribution in [0.2, 0.25) is 5.15 Å². The minimum absolute atomic E-state index is 0.0258. The van der Waals surface area contributed by atoms with E-state index in [1.54, 1.807) is 0 Å². The van der Waals surface area contributed by atoms with Crippen LogP contribution in [0.25, 0.3) is 0 Å². The molecule has 6 heteroatoms.